The zero-order valence-electron chi connectivity index (χ0n) is 10.6. The highest BCUT2D eigenvalue weighted by atomic mass is 32.2. The molecule has 0 saturated carbocycles. The molecule has 9 heteroatoms. The summed E-state index contributed by atoms with van der Waals surface area (Å²) in [5.41, 5.74) is -1.50. The summed E-state index contributed by atoms with van der Waals surface area (Å²) in [6.07, 6.45) is -4.86. The van der Waals surface area contributed by atoms with Crippen LogP contribution in [0.4, 0.5) is 17.6 Å². The second-order valence-corrected chi connectivity index (χ2v) is 5.66. The van der Waals surface area contributed by atoms with Gasteiger partial charge in [-0.1, -0.05) is 6.92 Å². The number of halogens is 4. The average molecular weight is 314 g/mol. The van der Waals surface area contributed by atoms with Gasteiger partial charge in [-0.25, -0.2) is 17.5 Å². The SMILES string of the molecule is CCNCCNS(=O)(=O)c1ccc(C(F)(F)F)c(F)c1. The number of nitrogens with one attached hydrogen (secondary N) is 2. The molecule has 0 heterocycles. The van der Waals surface area contributed by atoms with Gasteiger partial charge in [-0.3, -0.25) is 0 Å². The van der Waals surface area contributed by atoms with Crippen LogP contribution < -0.4 is 10.0 Å². The quantitative estimate of drug-likeness (QED) is 0.621. The Morgan fingerprint density at radius 3 is 2.35 bits per heavy atom. The van der Waals surface area contributed by atoms with Crippen molar-refractivity contribution in [2.75, 3.05) is 19.6 Å². The van der Waals surface area contributed by atoms with Gasteiger partial charge in [0.1, 0.15) is 5.82 Å². The van der Waals surface area contributed by atoms with Crippen LogP contribution in [0.3, 0.4) is 0 Å². The Morgan fingerprint density at radius 2 is 1.85 bits per heavy atom. The van der Waals surface area contributed by atoms with Crippen molar-refractivity contribution in [3.8, 4) is 0 Å². The molecule has 0 aliphatic carbocycles. The molecule has 0 aromatic heterocycles. The first-order chi connectivity index (χ1) is 9.18. The van der Waals surface area contributed by atoms with Crippen LogP contribution in [0.25, 0.3) is 0 Å². The molecule has 1 aromatic carbocycles. The van der Waals surface area contributed by atoms with Gasteiger partial charge < -0.3 is 5.32 Å². The minimum atomic E-state index is -4.86. The van der Waals surface area contributed by atoms with E-state index in [0.717, 1.165) is 6.07 Å². The van der Waals surface area contributed by atoms with Gasteiger partial charge in [0, 0.05) is 13.1 Å². The van der Waals surface area contributed by atoms with Crippen molar-refractivity contribution < 1.29 is 26.0 Å². The number of sulfonamides is 1. The molecule has 2 N–H and O–H groups in total. The minimum Gasteiger partial charge on any atom is -0.316 e. The largest absolute Gasteiger partial charge is 0.419 e. The Balaban J connectivity index is 2.89. The minimum absolute atomic E-state index is 0.0544. The molecule has 0 saturated heterocycles. The number of benzene rings is 1. The molecule has 0 bridgehead atoms. The summed E-state index contributed by atoms with van der Waals surface area (Å²) in [4.78, 5) is -0.542. The second-order valence-electron chi connectivity index (χ2n) is 3.89. The highest BCUT2D eigenvalue weighted by Gasteiger charge is 2.34. The topological polar surface area (TPSA) is 58.2 Å². The first-order valence-electron chi connectivity index (χ1n) is 5.75. The van der Waals surface area contributed by atoms with E-state index in [4.69, 9.17) is 0 Å². The van der Waals surface area contributed by atoms with E-state index in [1.807, 2.05) is 6.92 Å². The highest BCUT2D eigenvalue weighted by Crippen LogP contribution is 2.32. The fourth-order valence-corrected chi connectivity index (χ4v) is 2.47. The molecule has 0 aliphatic heterocycles. The van der Waals surface area contributed by atoms with E-state index >= 15 is 0 Å². The summed E-state index contributed by atoms with van der Waals surface area (Å²) in [6, 6.07) is 1.49. The maximum absolute atomic E-state index is 13.3. The summed E-state index contributed by atoms with van der Waals surface area (Å²) < 4.78 is 75.9. The van der Waals surface area contributed by atoms with E-state index in [0.29, 0.717) is 25.2 Å². The zero-order chi connectivity index (χ0) is 15.4. The summed E-state index contributed by atoms with van der Waals surface area (Å²) in [5, 5.41) is 2.86. The van der Waals surface area contributed by atoms with Crippen molar-refractivity contribution in [3.63, 3.8) is 0 Å². The van der Waals surface area contributed by atoms with Gasteiger partial charge in [0.25, 0.3) is 0 Å². The molecule has 1 rings (SSSR count). The third-order valence-electron chi connectivity index (χ3n) is 2.40. The summed E-state index contributed by atoms with van der Waals surface area (Å²) in [5.74, 6) is -1.62. The third-order valence-corrected chi connectivity index (χ3v) is 3.86. The molecule has 0 unspecified atom stereocenters. The Morgan fingerprint density at radius 1 is 1.20 bits per heavy atom. The molecule has 1 aromatic rings. The monoisotopic (exact) mass is 314 g/mol. The predicted molar refractivity (Wildman–Crippen MR) is 65.1 cm³/mol. The smallest absolute Gasteiger partial charge is 0.316 e. The van der Waals surface area contributed by atoms with Crippen LogP contribution in [0.5, 0.6) is 0 Å². The average Bonchev–Trinajstić information content (AvgIpc) is 2.33. The molecule has 4 nitrogen and oxygen atoms in total. The van der Waals surface area contributed by atoms with Crippen LogP contribution in [0.2, 0.25) is 0 Å². The lowest BCUT2D eigenvalue weighted by Crippen LogP contribution is -2.31. The van der Waals surface area contributed by atoms with Gasteiger partial charge in [-0.15, -0.1) is 0 Å². The van der Waals surface area contributed by atoms with Crippen molar-refractivity contribution in [2.24, 2.45) is 0 Å². The van der Waals surface area contributed by atoms with Crippen molar-refractivity contribution in [1.82, 2.24) is 10.0 Å². The number of hydrogen-bond donors (Lipinski definition) is 2. The molecule has 0 spiro atoms. The molecule has 0 atom stereocenters. The third kappa shape index (κ3) is 4.43. The van der Waals surface area contributed by atoms with Crippen molar-refractivity contribution >= 4 is 10.0 Å². The van der Waals surface area contributed by atoms with Gasteiger partial charge in [0.15, 0.2) is 0 Å². The lowest BCUT2D eigenvalue weighted by molar-refractivity contribution is -0.140. The lowest BCUT2D eigenvalue weighted by Gasteiger charge is -2.10. The summed E-state index contributed by atoms with van der Waals surface area (Å²) in [7, 11) is -4.02. The molecule has 0 amide bonds. The Labute approximate surface area is 114 Å². The Hall–Kier alpha value is -1.19. The van der Waals surface area contributed by atoms with Gasteiger partial charge in [0.05, 0.1) is 10.5 Å². The Kier molecular flexibility index (Phi) is 5.49. The van der Waals surface area contributed by atoms with Crippen LogP contribution >= 0.6 is 0 Å². The van der Waals surface area contributed by atoms with Crippen LogP contribution in [0.1, 0.15) is 12.5 Å². The maximum atomic E-state index is 13.3. The lowest BCUT2D eigenvalue weighted by atomic mass is 10.2. The molecular formula is C11H14F4N2O2S. The van der Waals surface area contributed by atoms with Crippen LogP contribution in [0.15, 0.2) is 23.1 Å². The fourth-order valence-electron chi connectivity index (χ4n) is 1.43. The second kappa shape index (κ2) is 6.51. The molecule has 114 valence electrons. The van der Waals surface area contributed by atoms with Crippen molar-refractivity contribution in [1.29, 1.82) is 0 Å². The standard InChI is InChI=1S/C11H14F4N2O2S/c1-2-16-5-6-17-20(18,19)8-3-4-9(10(12)7-8)11(13,14)15/h3-4,7,16-17H,2,5-6H2,1H3. The zero-order valence-corrected chi connectivity index (χ0v) is 11.4. The van der Waals surface area contributed by atoms with E-state index in [1.165, 1.54) is 0 Å². The van der Waals surface area contributed by atoms with E-state index in [-0.39, 0.29) is 6.54 Å². The number of hydrogen-bond acceptors (Lipinski definition) is 3. The fraction of sp³-hybridized carbons (Fsp3) is 0.455. The summed E-state index contributed by atoms with van der Waals surface area (Å²) >= 11 is 0. The van der Waals surface area contributed by atoms with Gasteiger partial charge >= 0.3 is 6.18 Å². The van der Waals surface area contributed by atoms with E-state index in [2.05, 4.69) is 10.0 Å². The number of likely N-dealkylation sites (N-methyl/N-ethyl adjacent to an activating group) is 1. The van der Waals surface area contributed by atoms with E-state index in [9.17, 15) is 26.0 Å². The first-order valence-corrected chi connectivity index (χ1v) is 7.24. The molecule has 20 heavy (non-hydrogen) atoms. The van der Waals surface area contributed by atoms with Crippen molar-refractivity contribution in [3.05, 3.63) is 29.6 Å². The van der Waals surface area contributed by atoms with Crippen LogP contribution in [-0.4, -0.2) is 28.1 Å². The Bertz CT molecular complexity index is 558. The van der Waals surface area contributed by atoms with Crippen molar-refractivity contribution in [2.45, 2.75) is 18.0 Å². The summed E-state index contributed by atoms with van der Waals surface area (Å²) in [6.45, 7) is 2.90. The number of alkyl halides is 3. The molecular weight excluding hydrogens is 300 g/mol. The molecule has 0 radical (unpaired) electrons. The first kappa shape index (κ1) is 16.9. The number of rotatable bonds is 6. The molecule has 0 aliphatic rings. The van der Waals surface area contributed by atoms with Gasteiger partial charge in [-0.2, -0.15) is 13.2 Å². The maximum Gasteiger partial charge on any atom is 0.419 e. The van der Waals surface area contributed by atoms with Crippen LogP contribution in [-0.2, 0) is 16.2 Å². The normalized spacial score (nSPS) is 12.7. The van der Waals surface area contributed by atoms with Gasteiger partial charge in [-0.05, 0) is 24.7 Å². The highest BCUT2D eigenvalue weighted by molar-refractivity contribution is 7.89. The van der Waals surface area contributed by atoms with Gasteiger partial charge in [0.2, 0.25) is 10.0 Å². The van der Waals surface area contributed by atoms with E-state index in [1.54, 1.807) is 0 Å². The van der Waals surface area contributed by atoms with E-state index < -0.39 is 32.5 Å². The van der Waals surface area contributed by atoms with Crippen LogP contribution in [0, 0.1) is 5.82 Å². The predicted octanol–water partition coefficient (Wildman–Crippen LogP) is 1.73. The molecule has 0 fully saturated rings.